The van der Waals surface area contributed by atoms with Gasteiger partial charge >= 0.3 is 0 Å². The van der Waals surface area contributed by atoms with Crippen LogP contribution >= 0.6 is 0 Å². The van der Waals surface area contributed by atoms with Gasteiger partial charge in [-0.05, 0) is 64.1 Å². The van der Waals surface area contributed by atoms with Gasteiger partial charge in [-0.15, -0.1) is 0 Å². The van der Waals surface area contributed by atoms with E-state index in [1.807, 2.05) is 0 Å². The maximum absolute atomic E-state index is 2.72. The lowest BCUT2D eigenvalue weighted by Crippen LogP contribution is -2.60. The van der Waals surface area contributed by atoms with Crippen molar-refractivity contribution in [2.45, 2.75) is 78.7 Å². The highest BCUT2D eigenvalue weighted by molar-refractivity contribution is 4.98. The monoisotopic (exact) mass is 294 g/mol. The summed E-state index contributed by atoms with van der Waals surface area (Å²) in [6.07, 6.45) is 10.0. The molecule has 0 aliphatic carbocycles. The summed E-state index contributed by atoms with van der Waals surface area (Å²) in [6.45, 7) is 16.2. The fraction of sp³-hybridized carbons (Fsp3) is 1.00. The third-order valence-electron chi connectivity index (χ3n) is 5.71. The molecule has 2 nitrogen and oxygen atoms in total. The Hall–Kier alpha value is -0.0800. The van der Waals surface area contributed by atoms with Crippen molar-refractivity contribution in [3.63, 3.8) is 0 Å². The van der Waals surface area contributed by atoms with Crippen molar-refractivity contribution in [3.05, 3.63) is 0 Å². The molecule has 0 atom stereocenters. The Morgan fingerprint density at radius 2 is 1.48 bits per heavy atom. The van der Waals surface area contributed by atoms with Crippen LogP contribution in [0.15, 0.2) is 0 Å². The van der Waals surface area contributed by atoms with Crippen LogP contribution < -0.4 is 0 Å². The fourth-order valence-electron chi connectivity index (χ4n) is 4.13. The molecule has 0 aromatic carbocycles. The average Bonchev–Trinajstić information content (AvgIpc) is 2.40. The molecule has 0 bridgehead atoms. The highest BCUT2D eigenvalue weighted by atomic mass is 15.2. The van der Waals surface area contributed by atoms with Crippen LogP contribution in [0.1, 0.15) is 72.6 Å². The standard InChI is InChI=1S/C19H38N2/c1-17(2)9-7-5-6-8-12-20-15-19(16-20)10-13-21(14-11-19)18(3)4/h17-18H,5-16H2,1-4H3. The van der Waals surface area contributed by atoms with E-state index in [1.54, 1.807) is 0 Å². The Morgan fingerprint density at radius 3 is 2.05 bits per heavy atom. The van der Waals surface area contributed by atoms with Gasteiger partial charge < -0.3 is 9.80 Å². The molecule has 2 heterocycles. The molecule has 1 spiro atoms. The highest BCUT2D eigenvalue weighted by Gasteiger charge is 2.44. The van der Waals surface area contributed by atoms with Gasteiger partial charge in [-0.25, -0.2) is 0 Å². The SMILES string of the molecule is CC(C)CCCCCCN1CC2(CCN(C(C)C)CC2)C1. The van der Waals surface area contributed by atoms with Crippen LogP contribution in [-0.4, -0.2) is 48.6 Å². The van der Waals surface area contributed by atoms with Crippen molar-refractivity contribution in [2.24, 2.45) is 11.3 Å². The molecular formula is C19H38N2. The van der Waals surface area contributed by atoms with E-state index in [4.69, 9.17) is 0 Å². The molecule has 0 aromatic heterocycles. The molecule has 2 aliphatic rings. The highest BCUT2D eigenvalue weighted by Crippen LogP contribution is 2.40. The van der Waals surface area contributed by atoms with Crippen molar-refractivity contribution in [3.8, 4) is 0 Å². The van der Waals surface area contributed by atoms with Crippen LogP contribution in [0, 0.1) is 11.3 Å². The molecule has 0 unspecified atom stereocenters. The maximum atomic E-state index is 2.72. The number of rotatable bonds is 8. The number of likely N-dealkylation sites (tertiary alicyclic amines) is 2. The van der Waals surface area contributed by atoms with E-state index < -0.39 is 0 Å². The van der Waals surface area contributed by atoms with Crippen LogP contribution in [0.5, 0.6) is 0 Å². The minimum absolute atomic E-state index is 0.711. The number of piperidine rings is 1. The molecule has 0 N–H and O–H groups in total. The van der Waals surface area contributed by atoms with Gasteiger partial charge in [0, 0.05) is 19.1 Å². The zero-order valence-electron chi connectivity index (χ0n) is 15.0. The van der Waals surface area contributed by atoms with Gasteiger partial charge in [-0.2, -0.15) is 0 Å². The van der Waals surface area contributed by atoms with Crippen LogP contribution in [0.2, 0.25) is 0 Å². The minimum Gasteiger partial charge on any atom is -0.302 e. The van der Waals surface area contributed by atoms with E-state index in [2.05, 4.69) is 37.5 Å². The summed E-state index contributed by atoms with van der Waals surface area (Å²) >= 11 is 0. The number of unbranched alkanes of at least 4 members (excludes halogenated alkanes) is 3. The Balaban J connectivity index is 1.50. The van der Waals surface area contributed by atoms with Gasteiger partial charge in [0.25, 0.3) is 0 Å². The van der Waals surface area contributed by atoms with Gasteiger partial charge in [-0.3, -0.25) is 0 Å². The second kappa shape index (κ2) is 7.97. The van der Waals surface area contributed by atoms with Crippen LogP contribution in [0.25, 0.3) is 0 Å². The first kappa shape index (κ1) is 17.3. The lowest BCUT2D eigenvalue weighted by atomic mass is 9.71. The maximum Gasteiger partial charge on any atom is 0.00514 e. The Kier molecular flexibility index (Phi) is 6.55. The van der Waals surface area contributed by atoms with E-state index in [0.29, 0.717) is 5.41 Å². The molecule has 2 aliphatic heterocycles. The summed E-state index contributed by atoms with van der Waals surface area (Å²) in [5, 5.41) is 0. The Labute approximate surface area is 133 Å². The van der Waals surface area contributed by atoms with Gasteiger partial charge in [0.1, 0.15) is 0 Å². The zero-order valence-corrected chi connectivity index (χ0v) is 15.0. The molecular weight excluding hydrogens is 256 g/mol. The Morgan fingerprint density at radius 1 is 0.857 bits per heavy atom. The van der Waals surface area contributed by atoms with E-state index >= 15 is 0 Å². The minimum atomic E-state index is 0.711. The zero-order chi connectivity index (χ0) is 15.3. The smallest absolute Gasteiger partial charge is 0.00514 e. The summed E-state index contributed by atoms with van der Waals surface area (Å²) in [7, 11) is 0. The van der Waals surface area contributed by atoms with Gasteiger partial charge in [0.05, 0.1) is 0 Å². The molecule has 2 fully saturated rings. The molecule has 0 radical (unpaired) electrons. The first-order valence-electron chi connectivity index (χ1n) is 9.47. The fourth-order valence-corrected chi connectivity index (χ4v) is 4.13. The Bertz CT molecular complexity index is 282. The van der Waals surface area contributed by atoms with E-state index in [1.165, 1.54) is 77.7 Å². The molecule has 124 valence electrons. The van der Waals surface area contributed by atoms with Gasteiger partial charge in [0.2, 0.25) is 0 Å². The summed E-state index contributed by atoms with van der Waals surface area (Å²) in [4.78, 5) is 5.37. The molecule has 0 saturated carbocycles. The van der Waals surface area contributed by atoms with Crippen LogP contribution in [-0.2, 0) is 0 Å². The van der Waals surface area contributed by atoms with Crippen molar-refractivity contribution < 1.29 is 0 Å². The van der Waals surface area contributed by atoms with E-state index in [0.717, 1.165) is 12.0 Å². The van der Waals surface area contributed by atoms with Crippen molar-refractivity contribution in [1.82, 2.24) is 9.80 Å². The number of nitrogens with zero attached hydrogens (tertiary/aromatic N) is 2. The quantitative estimate of drug-likeness (QED) is 0.612. The normalized spacial score (nSPS) is 23.1. The van der Waals surface area contributed by atoms with E-state index in [-0.39, 0.29) is 0 Å². The predicted octanol–water partition coefficient (Wildman–Crippen LogP) is 4.40. The predicted molar refractivity (Wildman–Crippen MR) is 92.7 cm³/mol. The van der Waals surface area contributed by atoms with Gasteiger partial charge in [0.15, 0.2) is 0 Å². The lowest BCUT2D eigenvalue weighted by Gasteiger charge is -2.54. The van der Waals surface area contributed by atoms with Crippen molar-refractivity contribution in [2.75, 3.05) is 32.7 Å². The average molecular weight is 295 g/mol. The second-order valence-electron chi connectivity index (χ2n) is 8.44. The largest absolute Gasteiger partial charge is 0.302 e. The molecule has 2 heteroatoms. The second-order valence-corrected chi connectivity index (χ2v) is 8.44. The topological polar surface area (TPSA) is 6.48 Å². The summed E-state index contributed by atoms with van der Waals surface area (Å²) in [6, 6.07) is 0.740. The third-order valence-corrected chi connectivity index (χ3v) is 5.71. The van der Waals surface area contributed by atoms with Crippen LogP contribution in [0.4, 0.5) is 0 Å². The number of hydrogen-bond donors (Lipinski definition) is 0. The van der Waals surface area contributed by atoms with Gasteiger partial charge in [-0.1, -0.05) is 39.5 Å². The summed E-state index contributed by atoms with van der Waals surface area (Å²) < 4.78 is 0. The first-order valence-corrected chi connectivity index (χ1v) is 9.47. The first-order chi connectivity index (χ1) is 10.0. The molecule has 0 aromatic rings. The van der Waals surface area contributed by atoms with Crippen molar-refractivity contribution in [1.29, 1.82) is 0 Å². The lowest BCUT2D eigenvalue weighted by molar-refractivity contribution is -0.0516. The molecule has 2 rings (SSSR count). The summed E-state index contributed by atoms with van der Waals surface area (Å²) in [5.74, 6) is 0.886. The summed E-state index contributed by atoms with van der Waals surface area (Å²) in [5.41, 5.74) is 0.711. The molecule has 2 saturated heterocycles. The van der Waals surface area contributed by atoms with E-state index in [9.17, 15) is 0 Å². The van der Waals surface area contributed by atoms with Crippen molar-refractivity contribution >= 4 is 0 Å². The molecule has 0 amide bonds. The third kappa shape index (κ3) is 5.25. The van der Waals surface area contributed by atoms with Crippen LogP contribution in [0.3, 0.4) is 0 Å². The number of hydrogen-bond acceptors (Lipinski definition) is 2. The molecule has 21 heavy (non-hydrogen) atoms.